The number of aromatic nitrogens is 1. The lowest BCUT2D eigenvalue weighted by atomic mass is 9.97. The topological polar surface area (TPSA) is 132 Å². The van der Waals surface area contributed by atoms with Gasteiger partial charge in [-0.15, -0.1) is 0 Å². The lowest BCUT2D eigenvalue weighted by Gasteiger charge is -2.22. The molecule has 1 unspecified atom stereocenters. The molecule has 0 saturated heterocycles. The number of carbonyl (C=O) groups is 3. The summed E-state index contributed by atoms with van der Waals surface area (Å²) >= 11 is 0. The fourth-order valence-electron chi connectivity index (χ4n) is 3.12. The Kier molecular flexibility index (Phi) is 4.22. The van der Waals surface area contributed by atoms with Crippen LogP contribution in [0.1, 0.15) is 28.9 Å². The van der Waals surface area contributed by atoms with Gasteiger partial charge in [0, 0.05) is 18.8 Å². The average molecular weight is 346 g/mol. The zero-order chi connectivity index (χ0) is 18.3. The van der Waals surface area contributed by atoms with E-state index in [0.717, 1.165) is 12.1 Å². The second kappa shape index (κ2) is 6.21. The highest BCUT2D eigenvalue weighted by molar-refractivity contribution is 6.49. The van der Waals surface area contributed by atoms with Crippen molar-refractivity contribution in [1.29, 1.82) is 0 Å². The van der Waals surface area contributed by atoms with E-state index >= 15 is 0 Å². The molecule has 1 aliphatic rings. The number of aliphatic carboxylic acids is 1. The third-order valence-corrected chi connectivity index (χ3v) is 4.45. The van der Waals surface area contributed by atoms with Gasteiger partial charge in [-0.3, -0.25) is 9.59 Å². The molecule has 0 spiro atoms. The van der Waals surface area contributed by atoms with E-state index in [-0.39, 0.29) is 17.9 Å². The first kappa shape index (κ1) is 17.0. The van der Waals surface area contributed by atoms with E-state index in [0.29, 0.717) is 29.6 Å². The van der Waals surface area contributed by atoms with Crippen LogP contribution in [0.2, 0.25) is 0 Å². The van der Waals surface area contributed by atoms with Gasteiger partial charge in [-0.25, -0.2) is 4.79 Å². The van der Waals surface area contributed by atoms with Crippen LogP contribution in [0.15, 0.2) is 12.1 Å². The van der Waals surface area contributed by atoms with E-state index in [1.165, 1.54) is 6.07 Å². The van der Waals surface area contributed by atoms with Crippen LogP contribution in [0.25, 0.3) is 10.9 Å². The second-order valence-electron chi connectivity index (χ2n) is 5.95. The van der Waals surface area contributed by atoms with Gasteiger partial charge >= 0.3 is 5.97 Å². The second-order valence-corrected chi connectivity index (χ2v) is 5.95. The number of fused-ring (bicyclic) bond motifs is 3. The van der Waals surface area contributed by atoms with Gasteiger partial charge in [-0.05, 0) is 31.9 Å². The molecule has 8 heteroatoms. The minimum Gasteiger partial charge on any atom is -0.478 e. The molecule has 0 amide bonds. The molecule has 1 aromatic carbocycles. The van der Waals surface area contributed by atoms with Crippen molar-refractivity contribution in [1.82, 2.24) is 4.57 Å². The number of ketones is 2. The van der Waals surface area contributed by atoms with Crippen LogP contribution in [-0.4, -0.2) is 45.0 Å². The average Bonchev–Trinajstić information content (AvgIpc) is 2.82. The van der Waals surface area contributed by atoms with Gasteiger partial charge in [-0.2, -0.15) is 0 Å². The number of nitrogens with zero attached hydrogens (tertiary/aromatic N) is 1. The Hall–Kier alpha value is -2.87. The number of aliphatic hydroxyl groups excluding tert-OH is 1. The SMILES string of the molecule is Cc1c(N)c2c3c(ccc2n1CCCCO)C(=O)C(=O)C(C(=O)O)O3. The number of carboxylic acid groups (broad SMARTS) is 1. The summed E-state index contributed by atoms with van der Waals surface area (Å²) in [5.41, 5.74) is 8.02. The van der Waals surface area contributed by atoms with Crippen molar-refractivity contribution in [2.75, 3.05) is 12.3 Å². The number of aliphatic hydroxyl groups is 1. The summed E-state index contributed by atoms with van der Waals surface area (Å²) in [5, 5.41) is 18.5. The predicted octanol–water partition coefficient (Wildman–Crippen LogP) is 0.902. The third kappa shape index (κ3) is 2.54. The first-order valence-electron chi connectivity index (χ1n) is 7.88. The fraction of sp³-hybridized carbons (Fsp3) is 0.353. The summed E-state index contributed by atoms with van der Waals surface area (Å²) in [5.74, 6) is -3.47. The smallest absolute Gasteiger partial charge is 0.353 e. The molecule has 1 atom stereocenters. The van der Waals surface area contributed by atoms with Crippen LogP contribution in [0.4, 0.5) is 5.69 Å². The molecule has 0 bridgehead atoms. The maximum atomic E-state index is 12.2. The van der Waals surface area contributed by atoms with Gasteiger partial charge in [0.05, 0.1) is 22.2 Å². The largest absolute Gasteiger partial charge is 0.478 e. The highest BCUT2D eigenvalue weighted by Gasteiger charge is 2.41. The normalized spacial score (nSPS) is 16.8. The summed E-state index contributed by atoms with van der Waals surface area (Å²) in [7, 11) is 0. The molecule has 2 aromatic rings. The summed E-state index contributed by atoms with van der Waals surface area (Å²) in [6.07, 6.45) is -0.495. The predicted molar refractivity (Wildman–Crippen MR) is 88.8 cm³/mol. The van der Waals surface area contributed by atoms with E-state index in [4.69, 9.17) is 20.7 Å². The highest BCUT2D eigenvalue weighted by atomic mass is 16.5. The van der Waals surface area contributed by atoms with E-state index in [9.17, 15) is 14.4 Å². The van der Waals surface area contributed by atoms with Crippen LogP contribution in [0.5, 0.6) is 5.75 Å². The van der Waals surface area contributed by atoms with Crippen molar-refractivity contribution in [3.63, 3.8) is 0 Å². The Morgan fingerprint density at radius 3 is 2.68 bits per heavy atom. The quantitative estimate of drug-likeness (QED) is 0.416. The first-order chi connectivity index (χ1) is 11.9. The van der Waals surface area contributed by atoms with Crippen molar-refractivity contribution >= 4 is 34.1 Å². The minimum atomic E-state index is -1.86. The summed E-state index contributed by atoms with van der Waals surface area (Å²) in [6, 6.07) is 3.13. The molecule has 2 heterocycles. The van der Waals surface area contributed by atoms with E-state index < -0.39 is 23.6 Å². The molecule has 0 fully saturated rings. The van der Waals surface area contributed by atoms with Crippen molar-refractivity contribution in [2.24, 2.45) is 0 Å². The molecule has 3 rings (SSSR count). The Morgan fingerprint density at radius 1 is 1.32 bits per heavy atom. The van der Waals surface area contributed by atoms with Crippen LogP contribution in [-0.2, 0) is 16.1 Å². The summed E-state index contributed by atoms with van der Waals surface area (Å²) < 4.78 is 7.29. The lowest BCUT2D eigenvalue weighted by molar-refractivity contribution is -0.149. The maximum absolute atomic E-state index is 12.2. The van der Waals surface area contributed by atoms with Crippen molar-refractivity contribution in [3.8, 4) is 5.75 Å². The monoisotopic (exact) mass is 346 g/mol. The van der Waals surface area contributed by atoms with Gasteiger partial charge in [0.15, 0.2) is 0 Å². The van der Waals surface area contributed by atoms with Gasteiger partial charge < -0.3 is 25.3 Å². The van der Waals surface area contributed by atoms with Gasteiger partial charge in [0.2, 0.25) is 5.78 Å². The van der Waals surface area contributed by atoms with Crippen LogP contribution < -0.4 is 10.5 Å². The van der Waals surface area contributed by atoms with E-state index in [1.807, 2.05) is 11.5 Å². The first-order valence-corrected chi connectivity index (χ1v) is 7.88. The number of Topliss-reactive ketones (excluding diaryl/α,β-unsaturated/α-hetero) is 2. The molecule has 1 aliphatic heterocycles. The van der Waals surface area contributed by atoms with Crippen LogP contribution >= 0.6 is 0 Å². The van der Waals surface area contributed by atoms with Gasteiger partial charge in [0.25, 0.3) is 11.9 Å². The molecule has 4 N–H and O–H groups in total. The number of aryl methyl sites for hydroxylation is 1. The Morgan fingerprint density at radius 2 is 2.04 bits per heavy atom. The maximum Gasteiger partial charge on any atom is 0.353 e. The van der Waals surface area contributed by atoms with Gasteiger partial charge in [-0.1, -0.05) is 0 Å². The number of carbonyl (C=O) groups excluding carboxylic acids is 2. The van der Waals surface area contributed by atoms with Crippen molar-refractivity contribution in [2.45, 2.75) is 32.4 Å². The molecular formula is C17H18N2O6. The number of rotatable bonds is 5. The van der Waals surface area contributed by atoms with Crippen LogP contribution in [0, 0.1) is 6.92 Å². The number of unbranched alkanes of at least 4 members (excludes halogenated alkanes) is 1. The lowest BCUT2D eigenvalue weighted by Crippen LogP contribution is -2.43. The molecule has 0 aliphatic carbocycles. The Labute approximate surface area is 142 Å². The molecule has 0 radical (unpaired) electrons. The zero-order valence-electron chi connectivity index (χ0n) is 13.6. The molecular weight excluding hydrogens is 328 g/mol. The Balaban J connectivity index is 2.18. The molecule has 25 heavy (non-hydrogen) atoms. The number of benzene rings is 1. The molecule has 8 nitrogen and oxygen atoms in total. The summed E-state index contributed by atoms with van der Waals surface area (Å²) in [4.78, 5) is 35.3. The minimum absolute atomic E-state index is 0.0224. The fourth-order valence-corrected chi connectivity index (χ4v) is 3.12. The van der Waals surface area contributed by atoms with Crippen LogP contribution in [0.3, 0.4) is 0 Å². The number of hydrogen-bond donors (Lipinski definition) is 3. The summed E-state index contributed by atoms with van der Waals surface area (Å²) in [6.45, 7) is 2.50. The third-order valence-electron chi connectivity index (χ3n) is 4.45. The standard InChI is InChI=1S/C17H18N2O6/c1-8-12(18)11-10(19(8)6-2-3-7-20)5-4-9-13(21)14(22)16(17(23)24)25-15(9)11/h4-5,16,20H,2-3,6-7,18H2,1H3,(H,23,24). The number of carboxylic acids is 1. The van der Waals surface area contributed by atoms with Crippen molar-refractivity contribution in [3.05, 3.63) is 23.4 Å². The Bertz CT molecular complexity index is 898. The number of hydrogen-bond acceptors (Lipinski definition) is 6. The number of anilines is 1. The molecule has 1 aromatic heterocycles. The molecule has 0 saturated carbocycles. The van der Waals surface area contributed by atoms with Crippen molar-refractivity contribution < 1.29 is 29.3 Å². The van der Waals surface area contributed by atoms with E-state index in [1.54, 1.807) is 6.07 Å². The number of nitrogen functional groups attached to an aromatic ring is 1. The van der Waals surface area contributed by atoms with E-state index in [2.05, 4.69) is 0 Å². The highest BCUT2D eigenvalue weighted by Crippen LogP contribution is 2.40. The zero-order valence-corrected chi connectivity index (χ0v) is 13.6. The van der Waals surface area contributed by atoms with Gasteiger partial charge in [0.1, 0.15) is 5.75 Å². The number of ether oxygens (including phenoxy) is 1. The molecule has 132 valence electrons. The number of nitrogens with two attached hydrogens (primary N) is 1.